The quantitative estimate of drug-likeness (QED) is 0.811. The van der Waals surface area contributed by atoms with Crippen LogP contribution in [0.4, 0.5) is 0 Å². The van der Waals surface area contributed by atoms with Crippen LogP contribution in [0.1, 0.15) is 30.9 Å². The second kappa shape index (κ2) is 7.49. The molecule has 1 atom stereocenters. The van der Waals surface area contributed by atoms with Gasteiger partial charge in [0.2, 0.25) is 0 Å². The predicted octanol–water partition coefficient (Wildman–Crippen LogP) is 1.90. The number of fused-ring (bicyclic) bond motifs is 1. The van der Waals surface area contributed by atoms with Crippen molar-refractivity contribution >= 4 is 0 Å². The molecule has 0 bridgehead atoms. The minimum Gasteiger partial charge on any atom is -0.303 e. The largest absolute Gasteiger partial charge is 0.303 e. The lowest BCUT2D eigenvalue weighted by molar-refractivity contribution is 0.171. The van der Waals surface area contributed by atoms with Crippen molar-refractivity contribution in [2.24, 2.45) is 13.0 Å². The van der Waals surface area contributed by atoms with Crippen LogP contribution in [0.2, 0.25) is 0 Å². The van der Waals surface area contributed by atoms with Crippen LogP contribution in [0.15, 0.2) is 18.3 Å². The Labute approximate surface area is 145 Å². The third-order valence-corrected chi connectivity index (χ3v) is 5.03. The monoisotopic (exact) mass is 330 g/mol. The summed E-state index contributed by atoms with van der Waals surface area (Å²) in [5.41, 5.74) is 3.69. The second-order valence-electron chi connectivity index (χ2n) is 6.93. The number of aromatic nitrogens is 4. The first-order chi connectivity index (χ1) is 11.6. The molecule has 24 heavy (non-hydrogen) atoms. The molecule has 2 aromatic heterocycles. The number of nitrogens with zero attached hydrogens (tertiary/aromatic N) is 6. The van der Waals surface area contributed by atoms with Crippen molar-refractivity contribution in [3.05, 3.63) is 35.4 Å². The van der Waals surface area contributed by atoms with E-state index in [4.69, 9.17) is 0 Å². The van der Waals surface area contributed by atoms with E-state index < -0.39 is 0 Å². The van der Waals surface area contributed by atoms with E-state index in [1.807, 2.05) is 17.9 Å². The molecule has 1 unspecified atom stereocenters. The number of hydrogen-bond acceptors (Lipinski definition) is 4. The summed E-state index contributed by atoms with van der Waals surface area (Å²) in [6.07, 6.45) is 1.93. The average Bonchev–Trinajstić information content (AvgIpc) is 3.06. The molecule has 1 aliphatic heterocycles. The summed E-state index contributed by atoms with van der Waals surface area (Å²) in [6.45, 7) is 13.9. The van der Waals surface area contributed by atoms with Gasteiger partial charge >= 0.3 is 0 Å². The zero-order chi connectivity index (χ0) is 17.1. The Balaban J connectivity index is 1.77. The first-order valence-electron chi connectivity index (χ1n) is 9.04. The van der Waals surface area contributed by atoms with Crippen molar-refractivity contribution in [3.63, 3.8) is 0 Å². The number of aryl methyl sites for hydroxylation is 2. The highest BCUT2D eigenvalue weighted by atomic mass is 15.3. The Hall–Kier alpha value is -1.66. The van der Waals surface area contributed by atoms with Gasteiger partial charge < -0.3 is 4.90 Å². The molecule has 6 nitrogen and oxygen atoms in total. The SMILES string of the molecule is CCN(CC)CC1CN(Cc2cc(C)nn2C)Cc2ccnn2C1. The van der Waals surface area contributed by atoms with Gasteiger partial charge in [0.15, 0.2) is 0 Å². The minimum atomic E-state index is 0.598. The van der Waals surface area contributed by atoms with Crippen LogP contribution in [-0.2, 0) is 26.7 Å². The molecule has 0 amide bonds. The molecule has 132 valence electrons. The molecule has 0 aliphatic carbocycles. The van der Waals surface area contributed by atoms with E-state index in [1.165, 1.54) is 11.4 Å². The summed E-state index contributed by atoms with van der Waals surface area (Å²) in [4.78, 5) is 5.07. The van der Waals surface area contributed by atoms with Crippen molar-refractivity contribution in [3.8, 4) is 0 Å². The first-order valence-corrected chi connectivity index (χ1v) is 9.04. The summed E-state index contributed by atoms with van der Waals surface area (Å²) in [6, 6.07) is 4.35. The summed E-state index contributed by atoms with van der Waals surface area (Å²) in [5.74, 6) is 0.598. The lowest BCUT2D eigenvalue weighted by atomic mass is 10.1. The summed E-state index contributed by atoms with van der Waals surface area (Å²) >= 11 is 0. The third kappa shape index (κ3) is 3.87. The Morgan fingerprint density at radius 2 is 2.04 bits per heavy atom. The van der Waals surface area contributed by atoms with Crippen LogP contribution in [0.25, 0.3) is 0 Å². The van der Waals surface area contributed by atoms with Crippen molar-refractivity contribution in [2.75, 3.05) is 26.2 Å². The molecule has 3 heterocycles. The molecular weight excluding hydrogens is 300 g/mol. The zero-order valence-electron chi connectivity index (χ0n) is 15.4. The second-order valence-corrected chi connectivity index (χ2v) is 6.93. The molecule has 0 radical (unpaired) electrons. The topological polar surface area (TPSA) is 42.1 Å². The maximum atomic E-state index is 4.54. The van der Waals surface area contributed by atoms with E-state index in [9.17, 15) is 0 Å². The van der Waals surface area contributed by atoms with Crippen molar-refractivity contribution in [1.29, 1.82) is 0 Å². The average molecular weight is 330 g/mol. The van der Waals surface area contributed by atoms with Crippen LogP contribution in [0.5, 0.6) is 0 Å². The van der Waals surface area contributed by atoms with Gasteiger partial charge in [0.1, 0.15) is 0 Å². The Morgan fingerprint density at radius 3 is 2.71 bits per heavy atom. The fourth-order valence-electron chi connectivity index (χ4n) is 3.74. The summed E-state index contributed by atoms with van der Waals surface area (Å²) in [5, 5.41) is 9.04. The van der Waals surface area contributed by atoms with Gasteiger partial charge in [0.05, 0.1) is 17.1 Å². The molecular formula is C18H30N6. The van der Waals surface area contributed by atoms with Gasteiger partial charge in [-0.05, 0) is 32.1 Å². The van der Waals surface area contributed by atoms with Gasteiger partial charge in [-0.1, -0.05) is 13.8 Å². The van der Waals surface area contributed by atoms with Gasteiger partial charge in [-0.3, -0.25) is 14.3 Å². The molecule has 2 aromatic rings. The zero-order valence-corrected chi connectivity index (χ0v) is 15.4. The molecule has 0 saturated carbocycles. The minimum absolute atomic E-state index is 0.598. The summed E-state index contributed by atoms with van der Waals surface area (Å²) < 4.78 is 4.21. The van der Waals surface area contributed by atoms with Crippen molar-refractivity contribution < 1.29 is 0 Å². The molecule has 0 N–H and O–H groups in total. The standard InChI is InChI=1S/C18H30N6/c1-5-22(6-2)10-16-11-23(13-17-7-8-19-24(17)12-16)14-18-9-15(3)20-21(18)4/h7-9,16H,5-6,10-14H2,1-4H3. The maximum absolute atomic E-state index is 4.54. The number of hydrogen-bond donors (Lipinski definition) is 0. The highest BCUT2D eigenvalue weighted by Crippen LogP contribution is 2.19. The van der Waals surface area contributed by atoms with Crippen LogP contribution in [0, 0.1) is 12.8 Å². The predicted molar refractivity (Wildman–Crippen MR) is 95.6 cm³/mol. The molecule has 1 aliphatic rings. The van der Waals surface area contributed by atoms with Gasteiger partial charge in [0, 0.05) is 51.9 Å². The molecule has 0 saturated heterocycles. The molecule has 3 rings (SSSR count). The smallest absolute Gasteiger partial charge is 0.0597 e. The van der Waals surface area contributed by atoms with E-state index in [1.54, 1.807) is 0 Å². The van der Waals surface area contributed by atoms with Gasteiger partial charge in [0.25, 0.3) is 0 Å². The molecule has 6 heteroatoms. The molecule has 0 fully saturated rings. The lowest BCUT2D eigenvalue weighted by Crippen LogP contribution is -2.36. The fraction of sp³-hybridized carbons (Fsp3) is 0.667. The molecule has 0 spiro atoms. The van der Waals surface area contributed by atoms with Crippen LogP contribution in [0.3, 0.4) is 0 Å². The Bertz CT molecular complexity index is 654. The van der Waals surface area contributed by atoms with Crippen LogP contribution >= 0.6 is 0 Å². The Morgan fingerprint density at radius 1 is 1.25 bits per heavy atom. The van der Waals surface area contributed by atoms with E-state index in [0.717, 1.165) is 51.5 Å². The summed E-state index contributed by atoms with van der Waals surface area (Å²) in [7, 11) is 2.04. The Kier molecular flexibility index (Phi) is 5.36. The van der Waals surface area contributed by atoms with Crippen molar-refractivity contribution in [2.45, 2.75) is 40.4 Å². The van der Waals surface area contributed by atoms with E-state index in [2.05, 4.69) is 57.6 Å². The first kappa shape index (κ1) is 17.2. The van der Waals surface area contributed by atoms with E-state index in [-0.39, 0.29) is 0 Å². The lowest BCUT2D eigenvalue weighted by Gasteiger charge is -2.28. The highest BCUT2D eigenvalue weighted by molar-refractivity contribution is 5.09. The van der Waals surface area contributed by atoms with Gasteiger partial charge in [-0.25, -0.2) is 0 Å². The normalized spacial score (nSPS) is 18.8. The van der Waals surface area contributed by atoms with Crippen LogP contribution < -0.4 is 0 Å². The van der Waals surface area contributed by atoms with Gasteiger partial charge in [-0.2, -0.15) is 10.2 Å². The van der Waals surface area contributed by atoms with Crippen molar-refractivity contribution in [1.82, 2.24) is 29.4 Å². The fourth-order valence-corrected chi connectivity index (χ4v) is 3.74. The third-order valence-electron chi connectivity index (χ3n) is 5.03. The van der Waals surface area contributed by atoms with E-state index in [0.29, 0.717) is 5.92 Å². The van der Waals surface area contributed by atoms with Crippen LogP contribution in [-0.4, -0.2) is 55.5 Å². The highest BCUT2D eigenvalue weighted by Gasteiger charge is 2.24. The van der Waals surface area contributed by atoms with E-state index >= 15 is 0 Å². The van der Waals surface area contributed by atoms with Gasteiger partial charge in [-0.15, -0.1) is 0 Å². The maximum Gasteiger partial charge on any atom is 0.0597 e. The number of rotatable bonds is 6. The molecule has 0 aromatic carbocycles.